The van der Waals surface area contributed by atoms with E-state index in [0.717, 1.165) is 11.8 Å². The van der Waals surface area contributed by atoms with Crippen molar-refractivity contribution in [1.82, 2.24) is 0 Å². The molecule has 0 unspecified atom stereocenters. The fraction of sp³-hybridized carbons (Fsp3) is 0.500. The van der Waals surface area contributed by atoms with E-state index in [9.17, 15) is 0 Å². The smallest absolute Gasteiger partial charge is 0.0250 e. The van der Waals surface area contributed by atoms with Crippen molar-refractivity contribution in [3.63, 3.8) is 0 Å². The lowest BCUT2D eigenvalue weighted by Crippen LogP contribution is -2.14. The third-order valence-electron chi connectivity index (χ3n) is 3.33. The Labute approximate surface area is 87.3 Å². The fourth-order valence-electron chi connectivity index (χ4n) is 2.38. The molecule has 0 aliphatic heterocycles. The van der Waals surface area contributed by atoms with Crippen molar-refractivity contribution in [2.75, 3.05) is 0 Å². The van der Waals surface area contributed by atoms with Gasteiger partial charge in [-0.15, -0.1) is 0 Å². The van der Waals surface area contributed by atoms with Crippen molar-refractivity contribution < 1.29 is 0 Å². The number of hydrogen-bond acceptors (Lipinski definition) is 0. The Balaban J connectivity index is 1.87. The molecule has 1 aromatic rings. The Morgan fingerprint density at radius 3 is 2.29 bits per heavy atom. The maximum Gasteiger partial charge on any atom is -0.0250 e. The summed E-state index contributed by atoms with van der Waals surface area (Å²) in [5.74, 6) is 1.64. The number of rotatable bonds is 2. The van der Waals surface area contributed by atoms with Crippen LogP contribution in [0.15, 0.2) is 30.3 Å². The molecule has 1 aliphatic rings. The summed E-state index contributed by atoms with van der Waals surface area (Å²) >= 11 is 0. The van der Waals surface area contributed by atoms with Gasteiger partial charge in [0.2, 0.25) is 0 Å². The molecule has 75 valence electrons. The quantitative estimate of drug-likeness (QED) is 0.659. The van der Waals surface area contributed by atoms with E-state index in [-0.39, 0.29) is 0 Å². The van der Waals surface area contributed by atoms with Gasteiger partial charge in [-0.05, 0) is 36.7 Å². The zero-order valence-corrected chi connectivity index (χ0v) is 8.78. The molecule has 0 bridgehead atoms. The average molecular weight is 187 g/mol. The van der Waals surface area contributed by atoms with Crippen molar-refractivity contribution in [3.05, 3.63) is 42.8 Å². The summed E-state index contributed by atoms with van der Waals surface area (Å²) in [5, 5.41) is 0. The molecule has 0 N–H and O–H groups in total. The molecule has 1 fully saturated rings. The zero-order chi connectivity index (χ0) is 9.80. The summed E-state index contributed by atoms with van der Waals surface area (Å²) in [6.45, 7) is 4.14. The zero-order valence-electron chi connectivity index (χ0n) is 8.78. The molecular formula is C14H19. The molecule has 0 aromatic heterocycles. The Morgan fingerprint density at radius 2 is 1.64 bits per heavy atom. The number of benzene rings is 1. The lowest BCUT2D eigenvalue weighted by molar-refractivity contribution is 0.307. The van der Waals surface area contributed by atoms with E-state index in [1.165, 1.54) is 37.7 Å². The van der Waals surface area contributed by atoms with Crippen LogP contribution >= 0.6 is 0 Å². The second-order valence-electron chi connectivity index (χ2n) is 4.58. The van der Waals surface area contributed by atoms with E-state index in [4.69, 9.17) is 0 Å². The van der Waals surface area contributed by atoms with Gasteiger partial charge in [0.05, 0.1) is 0 Å². The monoisotopic (exact) mass is 187 g/mol. The van der Waals surface area contributed by atoms with Crippen LogP contribution in [0.5, 0.6) is 0 Å². The molecule has 14 heavy (non-hydrogen) atoms. The van der Waals surface area contributed by atoms with Crippen LogP contribution in [0.1, 0.15) is 31.2 Å². The Bertz CT molecular complexity index is 255. The molecule has 0 heterocycles. The predicted molar refractivity (Wildman–Crippen MR) is 61.0 cm³/mol. The minimum Gasteiger partial charge on any atom is -0.0622 e. The second kappa shape index (κ2) is 4.63. The third-order valence-corrected chi connectivity index (χ3v) is 3.33. The highest BCUT2D eigenvalue weighted by atomic mass is 14.2. The van der Waals surface area contributed by atoms with Gasteiger partial charge in [0.1, 0.15) is 0 Å². The van der Waals surface area contributed by atoms with Crippen LogP contribution in [0.2, 0.25) is 0 Å². The summed E-state index contributed by atoms with van der Waals surface area (Å²) in [4.78, 5) is 0. The van der Waals surface area contributed by atoms with Crippen LogP contribution in [0.25, 0.3) is 0 Å². The summed E-state index contributed by atoms with van der Waals surface area (Å²) < 4.78 is 0. The molecule has 1 saturated carbocycles. The van der Waals surface area contributed by atoms with Crippen LogP contribution in [0.3, 0.4) is 0 Å². The molecule has 1 aromatic carbocycles. The van der Waals surface area contributed by atoms with Gasteiger partial charge in [-0.3, -0.25) is 0 Å². The predicted octanol–water partition coefficient (Wildman–Crippen LogP) is 3.87. The van der Waals surface area contributed by atoms with Gasteiger partial charge in [0, 0.05) is 0 Å². The maximum absolute atomic E-state index is 4.14. The van der Waals surface area contributed by atoms with Crippen LogP contribution in [0, 0.1) is 18.8 Å². The largest absolute Gasteiger partial charge is 0.0622 e. The summed E-state index contributed by atoms with van der Waals surface area (Å²) in [6, 6.07) is 10.9. The lowest BCUT2D eigenvalue weighted by atomic mass is 9.80. The molecule has 1 aliphatic carbocycles. The molecule has 0 nitrogen and oxygen atoms in total. The van der Waals surface area contributed by atoms with Gasteiger partial charge in [0.25, 0.3) is 0 Å². The van der Waals surface area contributed by atoms with Crippen molar-refractivity contribution in [1.29, 1.82) is 0 Å². The molecule has 0 saturated heterocycles. The van der Waals surface area contributed by atoms with Crippen molar-refractivity contribution in [2.24, 2.45) is 11.8 Å². The van der Waals surface area contributed by atoms with Crippen molar-refractivity contribution in [2.45, 2.75) is 32.1 Å². The first-order valence-electron chi connectivity index (χ1n) is 5.71. The highest BCUT2D eigenvalue weighted by molar-refractivity contribution is 5.15. The van der Waals surface area contributed by atoms with Crippen LogP contribution in [-0.2, 0) is 6.42 Å². The minimum atomic E-state index is 0.724. The van der Waals surface area contributed by atoms with E-state index in [0.29, 0.717) is 0 Å². The van der Waals surface area contributed by atoms with Gasteiger partial charge in [-0.2, -0.15) is 0 Å². The van der Waals surface area contributed by atoms with E-state index >= 15 is 0 Å². The molecule has 0 heteroatoms. The lowest BCUT2D eigenvalue weighted by Gasteiger charge is -2.26. The van der Waals surface area contributed by atoms with E-state index in [2.05, 4.69) is 37.3 Å². The van der Waals surface area contributed by atoms with Gasteiger partial charge in [0.15, 0.2) is 0 Å². The second-order valence-corrected chi connectivity index (χ2v) is 4.58. The fourth-order valence-corrected chi connectivity index (χ4v) is 2.38. The van der Waals surface area contributed by atoms with Gasteiger partial charge in [-0.25, -0.2) is 0 Å². The summed E-state index contributed by atoms with van der Waals surface area (Å²) in [6.07, 6.45) is 6.69. The SMILES string of the molecule is [CH2]C1CCC(Cc2ccccc2)CC1. The van der Waals surface area contributed by atoms with E-state index in [1.54, 1.807) is 0 Å². The van der Waals surface area contributed by atoms with Gasteiger partial charge in [-0.1, -0.05) is 50.1 Å². The Morgan fingerprint density at radius 1 is 1.00 bits per heavy atom. The third kappa shape index (κ3) is 2.60. The van der Waals surface area contributed by atoms with Crippen LogP contribution < -0.4 is 0 Å². The minimum absolute atomic E-state index is 0.724. The van der Waals surface area contributed by atoms with Crippen LogP contribution in [0.4, 0.5) is 0 Å². The number of hydrogen-bond donors (Lipinski definition) is 0. The highest BCUT2D eigenvalue weighted by Crippen LogP contribution is 2.30. The first-order valence-corrected chi connectivity index (χ1v) is 5.71. The van der Waals surface area contributed by atoms with Crippen molar-refractivity contribution in [3.8, 4) is 0 Å². The Hall–Kier alpha value is -0.780. The van der Waals surface area contributed by atoms with Gasteiger partial charge < -0.3 is 0 Å². The standard InChI is InChI=1S/C14H19/c1-12-7-9-14(10-8-12)11-13-5-3-2-4-6-13/h2-6,12,14H,1,7-11H2. The van der Waals surface area contributed by atoms with Crippen LogP contribution in [-0.4, -0.2) is 0 Å². The highest BCUT2D eigenvalue weighted by Gasteiger charge is 2.18. The Kier molecular flexibility index (Phi) is 3.23. The van der Waals surface area contributed by atoms with Crippen molar-refractivity contribution >= 4 is 0 Å². The molecule has 0 spiro atoms. The molecule has 0 atom stereocenters. The first-order chi connectivity index (χ1) is 6.84. The summed E-state index contributed by atoms with van der Waals surface area (Å²) in [5.41, 5.74) is 1.50. The summed E-state index contributed by atoms with van der Waals surface area (Å²) in [7, 11) is 0. The van der Waals surface area contributed by atoms with Gasteiger partial charge >= 0.3 is 0 Å². The molecular weight excluding hydrogens is 168 g/mol. The first kappa shape index (κ1) is 9.76. The molecule has 2 rings (SSSR count). The normalized spacial score (nSPS) is 27.5. The average Bonchev–Trinajstić information content (AvgIpc) is 2.23. The maximum atomic E-state index is 4.14. The molecule has 1 radical (unpaired) electrons. The van der Waals surface area contributed by atoms with E-state index < -0.39 is 0 Å². The topological polar surface area (TPSA) is 0 Å². The molecule has 0 amide bonds. The van der Waals surface area contributed by atoms with E-state index in [1.807, 2.05) is 0 Å².